The smallest absolute Gasteiger partial charge is 0.240 e. The average molecular weight is 296 g/mol. The highest BCUT2D eigenvalue weighted by molar-refractivity contribution is 5.89. The molecule has 118 valence electrons. The Kier molecular flexibility index (Phi) is 5.17. The molecule has 1 saturated carbocycles. The fourth-order valence-electron chi connectivity index (χ4n) is 2.69. The van der Waals surface area contributed by atoms with Crippen LogP contribution in [0.15, 0.2) is 0 Å². The third-order valence-electron chi connectivity index (χ3n) is 4.20. The molecule has 2 fully saturated rings. The maximum Gasteiger partial charge on any atom is 0.240 e. The number of amides is 3. The highest BCUT2D eigenvalue weighted by Gasteiger charge is 2.31. The van der Waals surface area contributed by atoms with E-state index in [2.05, 4.69) is 10.6 Å². The van der Waals surface area contributed by atoms with Crippen molar-refractivity contribution in [2.75, 3.05) is 6.54 Å². The molecule has 1 unspecified atom stereocenters. The Morgan fingerprint density at radius 3 is 2.57 bits per heavy atom. The van der Waals surface area contributed by atoms with E-state index in [1.54, 1.807) is 0 Å². The molecule has 2 rings (SSSR count). The van der Waals surface area contributed by atoms with Crippen LogP contribution in [-0.2, 0) is 14.4 Å². The van der Waals surface area contributed by atoms with Gasteiger partial charge in [0, 0.05) is 12.5 Å². The van der Waals surface area contributed by atoms with Gasteiger partial charge in [-0.15, -0.1) is 0 Å². The van der Waals surface area contributed by atoms with Crippen molar-refractivity contribution in [2.24, 2.45) is 23.3 Å². The van der Waals surface area contributed by atoms with Gasteiger partial charge < -0.3 is 22.1 Å². The summed E-state index contributed by atoms with van der Waals surface area (Å²) in [6.07, 6.45) is 4.69. The predicted molar refractivity (Wildman–Crippen MR) is 76.8 cm³/mol. The summed E-state index contributed by atoms with van der Waals surface area (Å²) in [4.78, 5) is 35.2. The molecular formula is C14H24N4O3. The van der Waals surface area contributed by atoms with Gasteiger partial charge in [-0.1, -0.05) is 12.8 Å². The quantitative estimate of drug-likeness (QED) is 0.480. The van der Waals surface area contributed by atoms with Crippen LogP contribution < -0.4 is 22.1 Å². The van der Waals surface area contributed by atoms with Gasteiger partial charge in [0.25, 0.3) is 0 Å². The first-order valence-electron chi connectivity index (χ1n) is 7.60. The predicted octanol–water partition coefficient (Wildman–Crippen LogP) is -1.000. The van der Waals surface area contributed by atoms with Crippen LogP contribution in [0.2, 0.25) is 0 Å². The second-order valence-electron chi connectivity index (χ2n) is 6.11. The van der Waals surface area contributed by atoms with E-state index in [-0.39, 0.29) is 24.2 Å². The van der Waals surface area contributed by atoms with Gasteiger partial charge in [-0.05, 0) is 31.6 Å². The fraction of sp³-hybridized carbons (Fsp3) is 0.786. The molecule has 2 aliphatic rings. The summed E-state index contributed by atoms with van der Waals surface area (Å²) in [5.41, 5.74) is 11.2. The lowest BCUT2D eigenvalue weighted by Crippen LogP contribution is -2.52. The van der Waals surface area contributed by atoms with E-state index in [1.807, 2.05) is 0 Å². The normalized spacial score (nSPS) is 24.8. The summed E-state index contributed by atoms with van der Waals surface area (Å²) < 4.78 is 0. The molecule has 21 heavy (non-hydrogen) atoms. The van der Waals surface area contributed by atoms with Crippen molar-refractivity contribution in [3.05, 3.63) is 0 Å². The minimum atomic E-state index is -0.836. The lowest BCUT2D eigenvalue weighted by molar-refractivity contribution is -0.131. The monoisotopic (exact) mass is 296 g/mol. The van der Waals surface area contributed by atoms with Gasteiger partial charge in [0.1, 0.15) is 6.04 Å². The SMILES string of the molecule is NC(=O)[C@H](C[C@@H]1CCCNC1=O)NC(=O)C(N)CC1CC1. The number of nitrogens with one attached hydrogen (secondary N) is 2. The molecule has 0 bridgehead atoms. The zero-order valence-electron chi connectivity index (χ0n) is 12.1. The van der Waals surface area contributed by atoms with Gasteiger partial charge in [0.05, 0.1) is 6.04 Å². The van der Waals surface area contributed by atoms with Crippen molar-refractivity contribution in [2.45, 2.75) is 50.6 Å². The van der Waals surface area contributed by atoms with Crippen LogP contribution in [0.1, 0.15) is 38.5 Å². The molecule has 0 aromatic carbocycles. The second kappa shape index (κ2) is 6.89. The van der Waals surface area contributed by atoms with Crippen LogP contribution in [0, 0.1) is 11.8 Å². The molecule has 1 aliphatic heterocycles. The molecule has 3 atom stereocenters. The molecule has 7 heteroatoms. The van der Waals surface area contributed by atoms with Gasteiger partial charge in [0.2, 0.25) is 17.7 Å². The Morgan fingerprint density at radius 1 is 1.29 bits per heavy atom. The zero-order valence-corrected chi connectivity index (χ0v) is 12.1. The van der Waals surface area contributed by atoms with Gasteiger partial charge in [-0.25, -0.2) is 0 Å². The van der Waals surface area contributed by atoms with Crippen LogP contribution in [-0.4, -0.2) is 36.3 Å². The minimum Gasteiger partial charge on any atom is -0.368 e. The molecule has 0 aromatic heterocycles. The Bertz CT molecular complexity index is 422. The van der Waals surface area contributed by atoms with E-state index in [4.69, 9.17) is 11.5 Å². The summed E-state index contributed by atoms with van der Waals surface area (Å²) in [7, 11) is 0. The highest BCUT2D eigenvalue weighted by Crippen LogP contribution is 2.33. The lowest BCUT2D eigenvalue weighted by atomic mass is 9.91. The first-order valence-corrected chi connectivity index (χ1v) is 7.60. The van der Waals surface area contributed by atoms with Crippen molar-refractivity contribution in [1.29, 1.82) is 0 Å². The number of carbonyl (C=O) groups excluding carboxylic acids is 3. The van der Waals surface area contributed by atoms with Crippen LogP contribution in [0.5, 0.6) is 0 Å². The van der Waals surface area contributed by atoms with Crippen LogP contribution in [0.25, 0.3) is 0 Å². The third kappa shape index (κ3) is 4.70. The molecule has 3 amide bonds. The summed E-state index contributed by atoms with van der Waals surface area (Å²) in [6, 6.07) is -1.45. The zero-order chi connectivity index (χ0) is 15.4. The highest BCUT2D eigenvalue weighted by atomic mass is 16.2. The second-order valence-corrected chi connectivity index (χ2v) is 6.11. The van der Waals surface area contributed by atoms with Crippen LogP contribution >= 0.6 is 0 Å². The van der Waals surface area contributed by atoms with E-state index in [9.17, 15) is 14.4 Å². The maximum absolute atomic E-state index is 12.0. The first-order chi connectivity index (χ1) is 9.97. The van der Waals surface area contributed by atoms with Crippen molar-refractivity contribution >= 4 is 17.7 Å². The number of primary amides is 1. The van der Waals surface area contributed by atoms with Gasteiger partial charge in [-0.3, -0.25) is 14.4 Å². The number of piperidine rings is 1. The molecule has 1 saturated heterocycles. The Labute approximate surface area is 124 Å². The molecule has 0 radical (unpaired) electrons. The molecule has 1 aliphatic carbocycles. The van der Waals surface area contributed by atoms with E-state index < -0.39 is 18.0 Å². The van der Waals surface area contributed by atoms with E-state index in [0.717, 1.165) is 19.3 Å². The fourth-order valence-corrected chi connectivity index (χ4v) is 2.69. The number of hydrogen-bond acceptors (Lipinski definition) is 4. The van der Waals surface area contributed by atoms with E-state index >= 15 is 0 Å². The van der Waals surface area contributed by atoms with Crippen molar-refractivity contribution in [3.8, 4) is 0 Å². The number of carbonyl (C=O) groups is 3. The topological polar surface area (TPSA) is 127 Å². The van der Waals surface area contributed by atoms with E-state index in [0.29, 0.717) is 25.3 Å². The molecule has 1 heterocycles. The first kappa shape index (κ1) is 15.8. The van der Waals surface area contributed by atoms with Crippen molar-refractivity contribution in [3.63, 3.8) is 0 Å². The number of rotatable bonds is 7. The number of hydrogen-bond donors (Lipinski definition) is 4. The summed E-state index contributed by atoms with van der Waals surface area (Å²) in [5, 5.41) is 5.36. The van der Waals surface area contributed by atoms with Crippen molar-refractivity contribution in [1.82, 2.24) is 10.6 Å². The standard InChI is InChI=1S/C14H24N4O3/c15-10(6-8-3-4-8)14(21)18-11(12(16)19)7-9-2-1-5-17-13(9)20/h8-11H,1-7,15H2,(H2,16,19)(H,17,20)(H,18,21)/t9-,10?,11-/m0/s1. The van der Waals surface area contributed by atoms with Gasteiger partial charge >= 0.3 is 0 Å². The average Bonchev–Trinajstić information content (AvgIpc) is 3.23. The maximum atomic E-state index is 12.0. The molecule has 7 nitrogen and oxygen atoms in total. The Hall–Kier alpha value is -1.63. The third-order valence-corrected chi connectivity index (χ3v) is 4.20. The Balaban J connectivity index is 1.86. The van der Waals surface area contributed by atoms with Crippen LogP contribution in [0.3, 0.4) is 0 Å². The number of nitrogens with two attached hydrogens (primary N) is 2. The largest absolute Gasteiger partial charge is 0.368 e. The summed E-state index contributed by atoms with van der Waals surface area (Å²) in [5.74, 6) is -0.815. The Morgan fingerprint density at radius 2 is 2.00 bits per heavy atom. The summed E-state index contributed by atoms with van der Waals surface area (Å²) >= 11 is 0. The van der Waals surface area contributed by atoms with Gasteiger partial charge in [0.15, 0.2) is 0 Å². The molecule has 0 aromatic rings. The van der Waals surface area contributed by atoms with Crippen LogP contribution in [0.4, 0.5) is 0 Å². The lowest BCUT2D eigenvalue weighted by Gasteiger charge is -2.26. The molecule has 6 N–H and O–H groups in total. The minimum absolute atomic E-state index is 0.0796. The molecular weight excluding hydrogens is 272 g/mol. The van der Waals surface area contributed by atoms with Gasteiger partial charge in [-0.2, -0.15) is 0 Å². The van der Waals surface area contributed by atoms with Crippen molar-refractivity contribution < 1.29 is 14.4 Å². The summed E-state index contributed by atoms with van der Waals surface area (Å²) in [6.45, 7) is 0.662. The molecule has 0 spiro atoms. The van der Waals surface area contributed by atoms with E-state index in [1.165, 1.54) is 0 Å².